The fraction of sp³-hybridized carbons (Fsp3) is 0.211. The van der Waals surface area contributed by atoms with E-state index in [0.717, 1.165) is 0 Å². The zero-order valence-corrected chi connectivity index (χ0v) is 15.5. The molecule has 0 aliphatic heterocycles. The van der Waals surface area contributed by atoms with Gasteiger partial charge in [-0.05, 0) is 42.3 Å². The highest BCUT2D eigenvalue weighted by atomic mass is 35.5. The van der Waals surface area contributed by atoms with E-state index in [1.165, 1.54) is 19.4 Å². The van der Waals surface area contributed by atoms with Crippen molar-refractivity contribution in [1.29, 1.82) is 0 Å². The molecule has 142 valence electrons. The lowest BCUT2D eigenvalue weighted by molar-refractivity contribution is -0.121. The molecule has 0 unspecified atom stereocenters. The smallest absolute Gasteiger partial charge is 0.252 e. The predicted octanol–water partition coefficient (Wildman–Crippen LogP) is 2.71. The minimum absolute atomic E-state index is 0.0255. The number of phenols is 1. The number of nitrogens with one attached hydrogen (secondary N) is 2. The van der Waals surface area contributed by atoms with Crippen LogP contribution in [0.2, 0.25) is 5.02 Å². The largest absolute Gasteiger partial charge is 0.504 e. The summed E-state index contributed by atoms with van der Waals surface area (Å²) in [5.74, 6) is -0.207. The predicted molar refractivity (Wildman–Crippen MR) is 103 cm³/mol. The second-order valence-corrected chi connectivity index (χ2v) is 5.97. The molecule has 0 aromatic heterocycles. The number of rotatable bonds is 8. The molecule has 0 heterocycles. The van der Waals surface area contributed by atoms with Crippen LogP contribution in [0.1, 0.15) is 28.8 Å². The summed E-state index contributed by atoms with van der Waals surface area (Å²) in [6.07, 6.45) is 2.11. The molecule has 0 saturated carbocycles. The SMILES string of the molecule is COc1cc(C=NNC(=O)CCCNC(=O)c2ccccc2Cl)ccc1O. The number of carbonyl (C=O) groups is 2. The van der Waals surface area contributed by atoms with Gasteiger partial charge in [-0.2, -0.15) is 5.10 Å². The Bertz CT molecular complexity index is 839. The molecule has 2 rings (SSSR count). The molecule has 0 saturated heterocycles. The van der Waals surface area contributed by atoms with Crippen LogP contribution in [0.15, 0.2) is 47.6 Å². The van der Waals surface area contributed by atoms with Crippen LogP contribution in [0.25, 0.3) is 0 Å². The number of benzene rings is 2. The van der Waals surface area contributed by atoms with Crippen molar-refractivity contribution in [3.05, 3.63) is 58.6 Å². The Kier molecular flexibility index (Phi) is 7.63. The van der Waals surface area contributed by atoms with Crippen LogP contribution in [0, 0.1) is 0 Å². The maximum absolute atomic E-state index is 12.0. The molecule has 0 atom stereocenters. The van der Waals surface area contributed by atoms with Gasteiger partial charge in [-0.15, -0.1) is 0 Å². The second-order valence-electron chi connectivity index (χ2n) is 5.56. The van der Waals surface area contributed by atoms with Gasteiger partial charge in [-0.1, -0.05) is 23.7 Å². The molecule has 2 amide bonds. The number of nitrogens with zero attached hydrogens (tertiary/aromatic N) is 1. The third-order valence-corrected chi connectivity index (χ3v) is 3.92. The van der Waals surface area contributed by atoms with Crippen LogP contribution in [0.4, 0.5) is 0 Å². The van der Waals surface area contributed by atoms with Crippen LogP contribution in [0.3, 0.4) is 0 Å². The molecular weight excluding hydrogens is 370 g/mol. The average Bonchev–Trinajstić information content (AvgIpc) is 2.66. The van der Waals surface area contributed by atoms with Crippen LogP contribution in [-0.4, -0.2) is 36.8 Å². The molecule has 0 aliphatic carbocycles. The lowest BCUT2D eigenvalue weighted by atomic mass is 10.2. The summed E-state index contributed by atoms with van der Waals surface area (Å²) in [4.78, 5) is 23.7. The van der Waals surface area contributed by atoms with Crippen molar-refractivity contribution in [3.63, 3.8) is 0 Å². The van der Waals surface area contributed by atoms with E-state index in [1.54, 1.807) is 36.4 Å². The minimum Gasteiger partial charge on any atom is -0.504 e. The van der Waals surface area contributed by atoms with Gasteiger partial charge in [0.2, 0.25) is 5.91 Å². The van der Waals surface area contributed by atoms with E-state index in [9.17, 15) is 14.7 Å². The monoisotopic (exact) mass is 389 g/mol. The van der Waals surface area contributed by atoms with Crippen LogP contribution in [-0.2, 0) is 4.79 Å². The Morgan fingerprint density at radius 2 is 2.04 bits per heavy atom. The van der Waals surface area contributed by atoms with Crippen molar-refractivity contribution in [2.45, 2.75) is 12.8 Å². The first kappa shape index (κ1) is 20.3. The van der Waals surface area contributed by atoms with Gasteiger partial charge in [-0.3, -0.25) is 9.59 Å². The lowest BCUT2D eigenvalue weighted by Gasteiger charge is -2.06. The quantitative estimate of drug-likeness (QED) is 0.367. The number of amides is 2. The number of phenolic OH excluding ortho intramolecular Hbond substituents is 1. The number of hydrazone groups is 1. The summed E-state index contributed by atoms with van der Waals surface area (Å²) >= 11 is 5.96. The maximum atomic E-state index is 12.0. The highest BCUT2D eigenvalue weighted by Gasteiger charge is 2.09. The topological polar surface area (TPSA) is 100 Å². The van der Waals surface area contributed by atoms with Gasteiger partial charge in [0, 0.05) is 13.0 Å². The fourth-order valence-corrected chi connectivity index (χ4v) is 2.42. The van der Waals surface area contributed by atoms with E-state index < -0.39 is 0 Å². The second kappa shape index (κ2) is 10.2. The number of carbonyl (C=O) groups excluding carboxylic acids is 2. The number of hydrogen-bond donors (Lipinski definition) is 3. The van der Waals surface area contributed by atoms with Crippen molar-refractivity contribution in [2.75, 3.05) is 13.7 Å². The summed E-state index contributed by atoms with van der Waals surface area (Å²) in [7, 11) is 1.45. The van der Waals surface area contributed by atoms with Crippen LogP contribution >= 0.6 is 11.6 Å². The Morgan fingerprint density at radius 3 is 2.78 bits per heavy atom. The summed E-state index contributed by atoms with van der Waals surface area (Å²) in [5.41, 5.74) is 3.47. The molecule has 8 heteroatoms. The Balaban J connectivity index is 1.70. The first-order chi connectivity index (χ1) is 13.0. The number of ether oxygens (including phenoxy) is 1. The van der Waals surface area contributed by atoms with Gasteiger partial charge >= 0.3 is 0 Å². The van der Waals surface area contributed by atoms with Crippen molar-refractivity contribution in [3.8, 4) is 11.5 Å². The summed E-state index contributed by atoms with van der Waals surface area (Å²) < 4.78 is 5.00. The van der Waals surface area contributed by atoms with E-state index in [-0.39, 0.29) is 24.0 Å². The van der Waals surface area contributed by atoms with Gasteiger partial charge in [-0.25, -0.2) is 5.43 Å². The molecule has 3 N–H and O–H groups in total. The summed E-state index contributed by atoms with van der Waals surface area (Å²) in [5, 5.41) is 16.5. The number of halogens is 1. The lowest BCUT2D eigenvalue weighted by Crippen LogP contribution is -2.26. The molecule has 0 bridgehead atoms. The number of hydrogen-bond acceptors (Lipinski definition) is 5. The highest BCUT2D eigenvalue weighted by Crippen LogP contribution is 2.25. The van der Waals surface area contributed by atoms with E-state index in [2.05, 4.69) is 15.8 Å². The highest BCUT2D eigenvalue weighted by molar-refractivity contribution is 6.33. The molecule has 2 aromatic carbocycles. The Morgan fingerprint density at radius 1 is 1.26 bits per heavy atom. The zero-order chi connectivity index (χ0) is 19.6. The van der Waals surface area contributed by atoms with Crippen LogP contribution < -0.4 is 15.5 Å². The maximum Gasteiger partial charge on any atom is 0.252 e. The van der Waals surface area contributed by atoms with E-state index >= 15 is 0 Å². The third-order valence-electron chi connectivity index (χ3n) is 3.59. The Labute approximate surface area is 162 Å². The van der Waals surface area contributed by atoms with Gasteiger partial charge in [0.15, 0.2) is 11.5 Å². The van der Waals surface area contributed by atoms with Crippen molar-refractivity contribution < 1.29 is 19.4 Å². The normalized spacial score (nSPS) is 10.6. The van der Waals surface area contributed by atoms with Gasteiger partial charge in [0.25, 0.3) is 5.91 Å². The van der Waals surface area contributed by atoms with Crippen LogP contribution in [0.5, 0.6) is 11.5 Å². The zero-order valence-electron chi connectivity index (χ0n) is 14.7. The van der Waals surface area contributed by atoms with Gasteiger partial charge in [0.1, 0.15) is 0 Å². The molecule has 0 aliphatic rings. The average molecular weight is 390 g/mol. The first-order valence-corrected chi connectivity index (χ1v) is 8.60. The van der Waals surface area contributed by atoms with E-state index in [1.807, 2.05) is 0 Å². The summed E-state index contributed by atoms with van der Waals surface area (Å²) in [6.45, 7) is 0.344. The third kappa shape index (κ3) is 6.31. The summed E-state index contributed by atoms with van der Waals surface area (Å²) in [6, 6.07) is 11.5. The molecule has 2 aromatic rings. The van der Waals surface area contributed by atoms with Gasteiger partial charge < -0.3 is 15.2 Å². The molecular formula is C19H20ClN3O4. The van der Waals surface area contributed by atoms with Crippen molar-refractivity contribution >= 4 is 29.6 Å². The van der Waals surface area contributed by atoms with Crippen molar-refractivity contribution in [1.82, 2.24) is 10.7 Å². The molecule has 27 heavy (non-hydrogen) atoms. The molecule has 0 radical (unpaired) electrons. The Hall–Kier alpha value is -3.06. The van der Waals surface area contributed by atoms with Crippen molar-refractivity contribution in [2.24, 2.45) is 5.10 Å². The molecule has 0 spiro atoms. The standard InChI is InChI=1S/C19H20ClN3O4/c1-27-17-11-13(8-9-16(17)24)12-22-23-18(25)7-4-10-21-19(26)14-5-2-3-6-15(14)20/h2-3,5-6,8-9,11-12,24H,4,7,10H2,1H3,(H,21,26)(H,23,25). The first-order valence-electron chi connectivity index (χ1n) is 8.23. The number of methoxy groups -OCH3 is 1. The molecule has 7 nitrogen and oxygen atoms in total. The van der Waals surface area contributed by atoms with E-state index in [4.69, 9.17) is 16.3 Å². The van der Waals surface area contributed by atoms with E-state index in [0.29, 0.717) is 34.9 Å². The minimum atomic E-state index is -0.277. The van der Waals surface area contributed by atoms with Gasteiger partial charge in [0.05, 0.1) is 23.9 Å². The number of aromatic hydroxyl groups is 1. The fourth-order valence-electron chi connectivity index (χ4n) is 2.20. The molecule has 0 fully saturated rings.